The third kappa shape index (κ3) is 3.11. The number of benzene rings is 2. The second-order valence-corrected chi connectivity index (χ2v) is 5.38. The van der Waals surface area contributed by atoms with Crippen LogP contribution in [0.1, 0.15) is 15.9 Å². The van der Waals surface area contributed by atoms with Crippen LogP contribution >= 0.6 is 15.9 Å². The van der Waals surface area contributed by atoms with Gasteiger partial charge in [0.1, 0.15) is 0 Å². The van der Waals surface area contributed by atoms with Gasteiger partial charge in [0.2, 0.25) is 0 Å². The summed E-state index contributed by atoms with van der Waals surface area (Å²) in [6, 6.07) is 11.1. The molecule has 5 heteroatoms. The smallest absolute Gasteiger partial charge is 0.253 e. The molecule has 0 atom stereocenters. The number of carbonyl (C=O) groups is 1. The first-order valence-corrected chi connectivity index (χ1v) is 6.95. The zero-order valence-electron chi connectivity index (χ0n) is 11.3. The highest BCUT2D eigenvalue weighted by Crippen LogP contribution is 2.27. The molecule has 0 aromatic heterocycles. The number of nitrogens with two attached hydrogens (primary N) is 1. The van der Waals surface area contributed by atoms with Gasteiger partial charge in [0, 0.05) is 22.9 Å². The number of hydrogen-bond donors (Lipinski definition) is 3. The van der Waals surface area contributed by atoms with E-state index in [1.54, 1.807) is 25.2 Å². The minimum absolute atomic E-state index is 0.153. The van der Waals surface area contributed by atoms with Crippen molar-refractivity contribution >= 4 is 38.9 Å². The Balaban J connectivity index is 2.44. The van der Waals surface area contributed by atoms with E-state index in [1.165, 1.54) is 0 Å². The van der Waals surface area contributed by atoms with Gasteiger partial charge < -0.3 is 16.4 Å². The van der Waals surface area contributed by atoms with Crippen LogP contribution in [0, 0.1) is 6.92 Å². The SMILES string of the molecule is CNC(=O)c1ccc(N)cc1Nc1cc(Br)ccc1C. The molecule has 1 amide bonds. The molecule has 0 bridgehead atoms. The Morgan fingerprint density at radius 2 is 1.90 bits per heavy atom. The van der Waals surface area contributed by atoms with Gasteiger partial charge in [-0.15, -0.1) is 0 Å². The highest BCUT2D eigenvalue weighted by molar-refractivity contribution is 9.10. The predicted octanol–water partition coefficient (Wildman–Crippen LogP) is 3.44. The molecule has 0 heterocycles. The molecular weight excluding hydrogens is 318 g/mol. The van der Waals surface area contributed by atoms with Crippen molar-refractivity contribution in [1.82, 2.24) is 5.32 Å². The largest absolute Gasteiger partial charge is 0.399 e. The van der Waals surface area contributed by atoms with Gasteiger partial charge in [0.25, 0.3) is 5.91 Å². The number of halogens is 1. The lowest BCUT2D eigenvalue weighted by molar-refractivity contribution is 0.0964. The van der Waals surface area contributed by atoms with Crippen LogP contribution < -0.4 is 16.4 Å². The number of carbonyl (C=O) groups excluding carboxylic acids is 1. The van der Waals surface area contributed by atoms with E-state index in [-0.39, 0.29) is 5.91 Å². The third-order valence-electron chi connectivity index (χ3n) is 2.98. The Morgan fingerprint density at radius 3 is 2.60 bits per heavy atom. The van der Waals surface area contributed by atoms with Crippen molar-refractivity contribution in [1.29, 1.82) is 0 Å². The summed E-state index contributed by atoms with van der Waals surface area (Å²) in [5.41, 5.74) is 9.66. The van der Waals surface area contributed by atoms with Crippen molar-refractivity contribution in [3.8, 4) is 0 Å². The highest BCUT2D eigenvalue weighted by atomic mass is 79.9. The van der Waals surface area contributed by atoms with Crippen LogP contribution in [0.3, 0.4) is 0 Å². The summed E-state index contributed by atoms with van der Waals surface area (Å²) < 4.78 is 0.969. The average Bonchev–Trinajstić information content (AvgIpc) is 2.42. The molecule has 0 radical (unpaired) electrons. The van der Waals surface area contributed by atoms with Crippen LogP contribution in [0.2, 0.25) is 0 Å². The fraction of sp³-hybridized carbons (Fsp3) is 0.133. The Kier molecular flexibility index (Phi) is 4.29. The first-order valence-electron chi connectivity index (χ1n) is 6.16. The van der Waals surface area contributed by atoms with Crippen molar-refractivity contribution in [3.63, 3.8) is 0 Å². The normalized spacial score (nSPS) is 10.2. The number of hydrogen-bond acceptors (Lipinski definition) is 3. The topological polar surface area (TPSA) is 67.2 Å². The third-order valence-corrected chi connectivity index (χ3v) is 3.48. The summed E-state index contributed by atoms with van der Waals surface area (Å²) in [7, 11) is 1.60. The fourth-order valence-electron chi connectivity index (χ4n) is 1.87. The Labute approximate surface area is 126 Å². The van der Waals surface area contributed by atoms with Gasteiger partial charge in [-0.1, -0.05) is 22.0 Å². The van der Waals surface area contributed by atoms with Crippen LogP contribution in [0.4, 0.5) is 17.1 Å². The molecule has 0 saturated carbocycles. The molecule has 4 nitrogen and oxygen atoms in total. The van der Waals surface area contributed by atoms with Crippen LogP contribution in [-0.4, -0.2) is 13.0 Å². The first-order chi connectivity index (χ1) is 9.51. The minimum atomic E-state index is -0.153. The summed E-state index contributed by atoms with van der Waals surface area (Å²) in [6.07, 6.45) is 0. The molecule has 104 valence electrons. The number of aryl methyl sites for hydroxylation is 1. The van der Waals surface area contributed by atoms with Crippen molar-refractivity contribution < 1.29 is 4.79 Å². The molecule has 0 spiro atoms. The number of nitrogens with one attached hydrogen (secondary N) is 2. The van der Waals surface area contributed by atoms with Crippen molar-refractivity contribution in [2.45, 2.75) is 6.92 Å². The Morgan fingerprint density at radius 1 is 1.15 bits per heavy atom. The molecule has 0 fully saturated rings. The van der Waals surface area contributed by atoms with Gasteiger partial charge in [-0.05, 0) is 42.8 Å². The van der Waals surface area contributed by atoms with E-state index in [4.69, 9.17) is 5.73 Å². The minimum Gasteiger partial charge on any atom is -0.399 e. The summed E-state index contributed by atoms with van der Waals surface area (Å²) in [4.78, 5) is 11.9. The van der Waals surface area contributed by atoms with Crippen LogP contribution in [0.25, 0.3) is 0 Å². The van der Waals surface area contributed by atoms with Gasteiger partial charge in [-0.2, -0.15) is 0 Å². The van der Waals surface area contributed by atoms with Crippen molar-refractivity contribution in [3.05, 3.63) is 52.0 Å². The van der Waals surface area contributed by atoms with E-state index in [9.17, 15) is 4.79 Å². The molecule has 2 aromatic carbocycles. The lowest BCUT2D eigenvalue weighted by atomic mass is 10.1. The van der Waals surface area contributed by atoms with Gasteiger partial charge >= 0.3 is 0 Å². The fourth-order valence-corrected chi connectivity index (χ4v) is 2.23. The molecule has 0 aliphatic carbocycles. The quantitative estimate of drug-likeness (QED) is 0.753. The lowest BCUT2D eigenvalue weighted by Gasteiger charge is -2.14. The summed E-state index contributed by atoms with van der Waals surface area (Å²) in [5.74, 6) is -0.153. The summed E-state index contributed by atoms with van der Waals surface area (Å²) in [5, 5.41) is 5.89. The van der Waals surface area contributed by atoms with E-state index in [2.05, 4.69) is 26.6 Å². The van der Waals surface area contributed by atoms with Crippen LogP contribution in [-0.2, 0) is 0 Å². The Bertz CT molecular complexity index is 656. The molecule has 0 unspecified atom stereocenters. The van der Waals surface area contributed by atoms with Gasteiger partial charge in [-0.3, -0.25) is 4.79 Å². The standard InChI is InChI=1S/C15H16BrN3O/c1-9-3-4-10(16)7-13(9)19-14-8-11(17)5-6-12(14)15(20)18-2/h3-8,19H,17H2,1-2H3,(H,18,20). The molecular formula is C15H16BrN3O. The van der Waals surface area contributed by atoms with E-state index in [1.807, 2.05) is 25.1 Å². The second kappa shape index (κ2) is 5.96. The zero-order valence-corrected chi connectivity index (χ0v) is 12.9. The maximum Gasteiger partial charge on any atom is 0.253 e. The number of amides is 1. The van der Waals surface area contributed by atoms with Crippen LogP contribution in [0.15, 0.2) is 40.9 Å². The molecule has 2 aromatic rings. The first kappa shape index (κ1) is 14.4. The van der Waals surface area contributed by atoms with Crippen LogP contribution in [0.5, 0.6) is 0 Å². The van der Waals surface area contributed by atoms with Crippen molar-refractivity contribution in [2.24, 2.45) is 0 Å². The molecule has 2 rings (SSSR count). The van der Waals surface area contributed by atoms with E-state index >= 15 is 0 Å². The zero-order chi connectivity index (χ0) is 14.7. The summed E-state index contributed by atoms with van der Waals surface area (Å²) >= 11 is 3.44. The molecule has 4 N–H and O–H groups in total. The van der Waals surface area contributed by atoms with E-state index < -0.39 is 0 Å². The van der Waals surface area contributed by atoms with E-state index in [0.29, 0.717) is 16.9 Å². The number of anilines is 3. The average molecular weight is 334 g/mol. The van der Waals surface area contributed by atoms with Crippen molar-refractivity contribution in [2.75, 3.05) is 18.1 Å². The number of nitrogen functional groups attached to an aromatic ring is 1. The molecule has 0 aliphatic heterocycles. The van der Waals surface area contributed by atoms with Gasteiger partial charge in [0.15, 0.2) is 0 Å². The highest BCUT2D eigenvalue weighted by Gasteiger charge is 2.11. The molecule has 20 heavy (non-hydrogen) atoms. The number of rotatable bonds is 3. The monoisotopic (exact) mass is 333 g/mol. The maximum absolute atomic E-state index is 11.9. The van der Waals surface area contributed by atoms with E-state index in [0.717, 1.165) is 15.7 Å². The lowest BCUT2D eigenvalue weighted by Crippen LogP contribution is -2.19. The molecule has 0 aliphatic rings. The molecule has 0 saturated heterocycles. The van der Waals surface area contributed by atoms with Gasteiger partial charge in [0.05, 0.1) is 11.3 Å². The van der Waals surface area contributed by atoms with Gasteiger partial charge in [-0.25, -0.2) is 0 Å². The summed E-state index contributed by atoms with van der Waals surface area (Å²) in [6.45, 7) is 2.00. The second-order valence-electron chi connectivity index (χ2n) is 4.47. The Hall–Kier alpha value is -2.01. The predicted molar refractivity (Wildman–Crippen MR) is 86.4 cm³/mol. The maximum atomic E-state index is 11.9.